The second-order valence-corrected chi connectivity index (χ2v) is 8.58. The van der Waals surface area contributed by atoms with Crippen LogP contribution in [0.25, 0.3) is 0 Å². The van der Waals surface area contributed by atoms with Crippen molar-refractivity contribution in [1.82, 2.24) is 20.4 Å². The van der Waals surface area contributed by atoms with Crippen LogP contribution in [0, 0.1) is 10.8 Å². The average Bonchev–Trinajstić information content (AvgIpc) is 2.65. The van der Waals surface area contributed by atoms with Crippen LogP contribution in [0.15, 0.2) is 0 Å². The highest BCUT2D eigenvalue weighted by molar-refractivity contribution is 6.33. The first-order chi connectivity index (χ1) is 13.4. The van der Waals surface area contributed by atoms with Crippen LogP contribution in [0.3, 0.4) is 0 Å². The number of piperidine rings is 2. The molecule has 0 aromatic rings. The third-order valence-corrected chi connectivity index (χ3v) is 6.27. The Hall–Kier alpha value is -2.20. The number of esters is 2. The van der Waals surface area contributed by atoms with E-state index in [1.54, 1.807) is 0 Å². The van der Waals surface area contributed by atoms with E-state index in [2.05, 4.69) is 20.1 Å². The van der Waals surface area contributed by atoms with E-state index >= 15 is 0 Å². The highest BCUT2D eigenvalue weighted by atomic mass is 16.7. The lowest BCUT2D eigenvalue weighted by molar-refractivity contribution is -0.162. The van der Waals surface area contributed by atoms with Crippen LogP contribution in [0.1, 0.15) is 25.7 Å². The van der Waals surface area contributed by atoms with Gasteiger partial charge in [0, 0.05) is 50.1 Å². The first-order valence-corrected chi connectivity index (χ1v) is 9.84. The summed E-state index contributed by atoms with van der Waals surface area (Å²) in [6.07, 6.45) is 2.37. The molecule has 4 saturated heterocycles. The van der Waals surface area contributed by atoms with E-state index in [0.29, 0.717) is 26.2 Å². The van der Waals surface area contributed by atoms with E-state index < -0.39 is 24.1 Å². The van der Waals surface area contributed by atoms with Crippen molar-refractivity contribution in [2.24, 2.45) is 10.8 Å². The van der Waals surface area contributed by atoms with E-state index in [4.69, 9.17) is 0 Å². The maximum atomic E-state index is 12.0. The highest BCUT2D eigenvalue weighted by Gasteiger charge is 2.48. The number of nitrogens with zero attached hydrogens (tertiary/aromatic N) is 2. The number of nitrogens with one attached hydrogen (secondary N) is 2. The molecule has 28 heavy (non-hydrogen) atoms. The molecule has 4 aliphatic rings. The minimum atomic E-state index is -1.46. The van der Waals surface area contributed by atoms with Crippen molar-refractivity contribution in [3.63, 3.8) is 0 Å². The van der Waals surface area contributed by atoms with Gasteiger partial charge in [-0.25, -0.2) is 19.2 Å². The van der Waals surface area contributed by atoms with Crippen molar-refractivity contribution in [1.29, 1.82) is 0 Å². The largest absolute Gasteiger partial charge is 0.426 e. The molecule has 0 aliphatic carbocycles. The molecular formula is C18H26N4O6. The minimum Gasteiger partial charge on any atom is -0.367 e. The Balaban J connectivity index is 1.18. The number of rotatable bonds is 0. The average molecular weight is 394 g/mol. The summed E-state index contributed by atoms with van der Waals surface area (Å²) in [5.41, 5.74) is 0.0798. The smallest absolute Gasteiger partial charge is 0.367 e. The van der Waals surface area contributed by atoms with E-state index in [1.165, 1.54) is 9.80 Å². The van der Waals surface area contributed by atoms with E-state index in [9.17, 15) is 19.2 Å². The molecule has 10 nitrogen and oxygen atoms in total. The van der Waals surface area contributed by atoms with Gasteiger partial charge in [0.1, 0.15) is 0 Å². The summed E-state index contributed by atoms with van der Waals surface area (Å²) in [7, 11) is 0. The van der Waals surface area contributed by atoms with Crippen LogP contribution in [-0.4, -0.2) is 86.3 Å². The molecule has 2 amide bonds. The molecular weight excluding hydrogens is 368 g/mol. The molecule has 4 heterocycles. The Morgan fingerprint density at radius 2 is 1.07 bits per heavy atom. The molecule has 2 N–H and O–H groups in total. The van der Waals surface area contributed by atoms with Crippen molar-refractivity contribution in [2.75, 3.05) is 52.4 Å². The molecule has 0 unspecified atom stereocenters. The van der Waals surface area contributed by atoms with Gasteiger partial charge < -0.3 is 29.9 Å². The Kier molecular flexibility index (Phi) is 5.00. The molecule has 0 aromatic carbocycles. The number of ether oxygens (including phenoxy) is 2. The molecule has 4 fully saturated rings. The van der Waals surface area contributed by atoms with Gasteiger partial charge in [0.25, 0.3) is 0 Å². The van der Waals surface area contributed by atoms with Crippen molar-refractivity contribution < 1.29 is 28.7 Å². The van der Waals surface area contributed by atoms with Crippen LogP contribution in [0.5, 0.6) is 0 Å². The normalized spacial score (nSPS) is 24.9. The minimum absolute atomic E-state index is 0.0399. The number of hydrogen-bond donors (Lipinski definition) is 2. The Morgan fingerprint density at radius 3 is 1.39 bits per heavy atom. The lowest BCUT2D eigenvalue weighted by Gasteiger charge is -2.51. The fourth-order valence-electron chi connectivity index (χ4n) is 4.76. The van der Waals surface area contributed by atoms with Gasteiger partial charge in [-0.05, 0) is 38.8 Å². The maximum absolute atomic E-state index is 12.0. The second kappa shape index (κ2) is 7.32. The third kappa shape index (κ3) is 3.70. The predicted octanol–water partition coefficient (Wildman–Crippen LogP) is -0.316. The van der Waals surface area contributed by atoms with Crippen molar-refractivity contribution >= 4 is 24.1 Å². The van der Waals surface area contributed by atoms with Gasteiger partial charge in [0.05, 0.1) is 0 Å². The summed E-state index contributed by atoms with van der Waals surface area (Å²) in [5.74, 6) is -2.92. The molecule has 2 spiro atoms. The lowest BCUT2D eigenvalue weighted by Crippen LogP contribution is -2.64. The lowest BCUT2D eigenvalue weighted by atomic mass is 9.74. The van der Waals surface area contributed by atoms with Crippen LogP contribution in [0.2, 0.25) is 0 Å². The summed E-state index contributed by atoms with van der Waals surface area (Å²) < 4.78 is 9.13. The van der Waals surface area contributed by atoms with Gasteiger partial charge in [-0.3, -0.25) is 0 Å². The van der Waals surface area contributed by atoms with Crippen LogP contribution in [-0.2, 0) is 19.1 Å². The van der Waals surface area contributed by atoms with Gasteiger partial charge in [-0.15, -0.1) is 0 Å². The fourth-order valence-corrected chi connectivity index (χ4v) is 4.76. The molecule has 10 heteroatoms. The first kappa shape index (κ1) is 19.1. The predicted molar refractivity (Wildman–Crippen MR) is 95.2 cm³/mol. The monoisotopic (exact) mass is 394 g/mol. The fraction of sp³-hybridized carbons (Fsp3) is 0.778. The zero-order valence-electron chi connectivity index (χ0n) is 15.8. The topological polar surface area (TPSA) is 117 Å². The van der Waals surface area contributed by atoms with Gasteiger partial charge in [0.15, 0.2) is 0 Å². The van der Waals surface area contributed by atoms with Gasteiger partial charge in [0.2, 0.25) is 0 Å². The number of carbonyl (C=O) groups excluding carboxylic acids is 4. The molecule has 4 rings (SSSR count). The highest BCUT2D eigenvalue weighted by Crippen LogP contribution is 2.37. The van der Waals surface area contributed by atoms with E-state index in [1.807, 2.05) is 0 Å². The van der Waals surface area contributed by atoms with Crippen molar-refractivity contribution in [3.8, 4) is 0 Å². The summed E-state index contributed by atoms with van der Waals surface area (Å²) in [4.78, 5) is 50.4. The summed E-state index contributed by atoms with van der Waals surface area (Å²) in [6.45, 7) is 5.56. The van der Waals surface area contributed by atoms with Crippen molar-refractivity contribution in [3.05, 3.63) is 0 Å². The summed E-state index contributed by atoms with van der Waals surface area (Å²) in [6, 6.07) is 0. The molecule has 0 aromatic heterocycles. The number of hydrogen-bond acceptors (Lipinski definition) is 8. The summed E-state index contributed by atoms with van der Waals surface area (Å²) in [5, 5.41) is 6.59. The van der Waals surface area contributed by atoms with Crippen LogP contribution < -0.4 is 10.6 Å². The Bertz CT molecular complexity index is 610. The first-order valence-electron chi connectivity index (χ1n) is 9.84. The van der Waals surface area contributed by atoms with Crippen molar-refractivity contribution in [2.45, 2.75) is 25.7 Å². The number of likely N-dealkylation sites (tertiary alicyclic amines) is 2. The Labute approximate surface area is 162 Å². The standard InChI is InChI=1S/C18H26N4O6/c23-13(27-15(25)21-9-17(10-21)3-1-5-19-7-17)14(24)28-16(26)22-11-18(12-22)4-2-6-20-8-18/h19-20H,1-12H2. The number of amides is 2. The van der Waals surface area contributed by atoms with Crippen LogP contribution >= 0.6 is 0 Å². The van der Waals surface area contributed by atoms with E-state index in [0.717, 1.165) is 51.9 Å². The molecule has 0 bridgehead atoms. The quantitative estimate of drug-likeness (QED) is 0.326. The third-order valence-electron chi connectivity index (χ3n) is 6.27. The SMILES string of the molecule is O=C(OC(=O)N1CC2(CCCNC2)C1)C(=O)OC(=O)N1CC2(CCCNC2)C1. The molecule has 0 radical (unpaired) electrons. The Morgan fingerprint density at radius 1 is 0.679 bits per heavy atom. The molecule has 0 saturated carbocycles. The zero-order valence-corrected chi connectivity index (χ0v) is 15.8. The molecule has 0 atom stereocenters. The van der Waals surface area contributed by atoms with Gasteiger partial charge in [-0.2, -0.15) is 0 Å². The maximum Gasteiger partial charge on any atom is 0.426 e. The van der Waals surface area contributed by atoms with Gasteiger partial charge in [-0.1, -0.05) is 0 Å². The zero-order chi connectivity index (χ0) is 19.8. The molecule has 4 aliphatic heterocycles. The number of carbonyl (C=O) groups is 4. The molecule has 154 valence electrons. The van der Waals surface area contributed by atoms with E-state index in [-0.39, 0.29) is 10.8 Å². The second-order valence-electron chi connectivity index (χ2n) is 8.58. The summed E-state index contributed by atoms with van der Waals surface area (Å²) >= 11 is 0. The van der Waals surface area contributed by atoms with Crippen LogP contribution in [0.4, 0.5) is 9.59 Å². The van der Waals surface area contributed by atoms with Gasteiger partial charge >= 0.3 is 24.1 Å².